The lowest BCUT2D eigenvalue weighted by Gasteiger charge is -2.19. The number of hydrogen-bond acceptors (Lipinski definition) is 5. The standard InChI is InChI=1S/C11H14N4O4/c16-10(17)5-15-4-8(13-14-15)11(18)12-7-3-6-1-2-9(7)19-6/h4,6-7,9H,1-3,5H2,(H,12,18)(H,16,17). The van der Waals surface area contributed by atoms with Gasteiger partial charge >= 0.3 is 5.97 Å². The molecule has 2 aliphatic rings. The summed E-state index contributed by atoms with van der Waals surface area (Å²) in [5, 5.41) is 18.7. The first kappa shape index (κ1) is 12.1. The minimum Gasteiger partial charge on any atom is -0.480 e. The van der Waals surface area contributed by atoms with E-state index in [2.05, 4.69) is 15.6 Å². The summed E-state index contributed by atoms with van der Waals surface area (Å²) in [5.41, 5.74) is 0.129. The summed E-state index contributed by atoms with van der Waals surface area (Å²) >= 11 is 0. The van der Waals surface area contributed by atoms with Gasteiger partial charge in [0.15, 0.2) is 5.69 Å². The molecule has 3 heterocycles. The van der Waals surface area contributed by atoms with Crippen LogP contribution in [0.4, 0.5) is 0 Å². The monoisotopic (exact) mass is 266 g/mol. The van der Waals surface area contributed by atoms with E-state index in [9.17, 15) is 9.59 Å². The third kappa shape index (κ3) is 2.43. The number of fused-ring (bicyclic) bond motifs is 2. The number of nitrogens with one attached hydrogen (secondary N) is 1. The molecule has 0 radical (unpaired) electrons. The highest BCUT2D eigenvalue weighted by Gasteiger charge is 2.41. The summed E-state index contributed by atoms with van der Waals surface area (Å²) in [6.07, 6.45) is 4.56. The van der Waals surface area contributed by atoms with Gasteiger partial charge in [-0.05, 0) is 19.3 Å². The molecule has 2 saturated heterocycles. The van der Waals surface area contributed by atoms with Gasteiger partial charge in [0.2, 0.25) is 0 Å². The van der Waals surface area contributed by atoms with Gasteiger partial charge in [0.1, 0.15) is 6.54 Å². The molecule has 0 aliphatic carbocycles. The number of carboxylic acids is 1. The van der Waals surface area contributed by atoms with Gasteiger partial charge in [0.25, 0.3) is 5.91 Å². The molecule has 0 spiro atoms. The summed E-state index contributed by atoms with van der Waals surface area (Å²) in [7, 11) is 0. The van der Waals surface area contributed by atoms with Gasteiger partial charge in [-0.3, -0.25) is 9.59 Å². The number of nitrogens with zero attached hydrogens (tertiary/aromatic N) is 3. The van der Waals surface area contributed by atoms with Crippen LogP contribution in [0.2, 0.25) is 0 Å². The Morgan fingerprint density at radius 1 is 1.53 bits per heavy atom. The second-order valence-corrected chi connectivity index (χ2v) is 4.88. The highest BCUT2D eigenvalue weighted by atomic mass is 16.5. The molecule has 0 saturated carbocycles. The first-order chi connectivity index (χ1) is 9.11. The molecule has 3 unspecified atom stereocenters. The molecule has 3 rings (SSSR count). The maximum Gasteiger partial charge on any atom is 0.325 e. The SMILES string of the molecule is O=C(O)Cn1cc(C(=O)NC2CC3CCC2O3)nn1. The number of carbonyl (C=O) groups excluding carboxylic acids is 1. The van der Waals surface area contributed by atoms with Crippen molar-refractivity contribution in [2.75, 3.05) is 0 Å². The van der Waals surface area contributed by atoms with Crippen LogP contribution in [0.3, 0.4) is 0 Å². The fourth-order valence-corrected chi connectivity index (χ4v) is 2.65. The Kier molecular flexibility index (Phi) is 2.94. The Bertz CT molecular complexity index is 515. The zero-order chi connectivity index (χ0) is 13.4. The van der Waals surface area contributed by atoms with Crippen molar-refractivity contribution in [3.05, 3.63) is 11.9 Å². The fourth-order valence-electron chi connectivity index (χ4n) is 2.65. The maximum atomic E-state index is 11.9. The summed E-state index contributed by atoms with van der Waals surface area (Å²) < 4.78 is 6.77. The molecule has 0 aromatic carbocycles. The highest BCUT2D eigenvalue weighted by molar-refractivity contribution is 5.92. The number of carboxylic acid groups (broad SMARTS) is 1. The van der Waals surface area contributed by atoms with Crippen molar-refractivity contribution in [1.29, 1.82) is 0 Å². The van der Waals surface area contributed by atoms with Gasteiger partial charge in [0, 0.05) is 0 Å². The van der Waals surface area contributed by atoms with Crippen molar-refractivity contribution in [2.24, 2.45) is 0 Å². The molecule has 1 aromatic heterocycles. The Balaban J connectivity index is 1.61. The molecule has 1 aromatic rings. The van der Waals surface area contributed by atoms with Gasteiger partial charge in [0.05, 0.1) is 24.4 Å². The molecule has 102 valence electrons. The van der Waals surface area contributed by atoms with Crippen LogP contribution in [-0.2, 0) is 16.1 Å². The molecule has 1 amide bonds. The van der Waals surface area contributed by atoms with E-state index >= 15 is 0 Å². The zero-order valence-electron chi connectivity index (χ0n) is 10.2. The van der Waals surface area contributed by atoms with Crippen molar-refractivity contribution in [1.82, 2.24) is 20.3 Å². The van der Waals surface area contributed by atoms with Gasteiger partial charge in [-0.15, -0.1) is 5.10 Å². The largest absolute Gasteiger partial charge is 0.480 e. The number of amides is 1. The van der Waals surface area contributed by atoms with Gasteiger partial charge in [-0.2, -0.15) is 0 Å². The topological polar surface area (TPSA) is 106 Å². The van der Waals surface area contributed by atoms with E-state index in [1.165, 1.54) is 6.20 Å². The lowest BCUT2D eigenvalue weighted by atomic mass is 9.95. The van der Waals surface area contributed by atoms with Crippen molar-refractivity contribution in [3.8, 4) is 0 Å². The maximum absolute atomic E-state index is 11.9. The van der Waals surface area contributed by atoms with Crippen LogP contribution in [0.15, 0.2) is 6.20 Å². The van der Waals surface area contributed by atoms with Crippen LogP contribution in [0.1, 0.15) is 29.8 Å². The van der Waals surface area contributed by atoms with Crippen molar-refractivity contribution in [3.63, 3.8) is 0 Å². The van der Waals surface area contributed by atoms with Crippen LogP contribution < -0.4 is 5.32 Å². The number of carbonyl (C=O) groups is 2. The summed E-state index contributed by atoms with van der Waals surface area (Å²) in [5.74, 6) is -1.36. The van der Waals surface area contributed by atoms with Crippen LogP contribution >= 0.6 is 0 Å². The first-order valence-corrected chi connectivity index (χ1v) is 6.20. The summed E-state index contributed by atoms with van der Waals surface area (Å²) in [6.45, 7) is -0.308. The number of aliphatic carboxylic acids is 1. The minimum atomic E-state index is -1.03. The second-order valence-electron chi connectivity index (χ2n) is 4.88. The van der Waals surface area contributed by atoms with E-state index in [1.54, 1.807) is 0 Å². The minimum absolute atomic E-state index is 0.0240. The Labute approximate surface area is 108 Å². The summed E-state index contributed by atoms with van der Waals surface area (Å²) in [4.78, 5) is 22.5. The smallest absolute Gasteiger partial charge is 0.325 e. The molecule has 8 nitrogen and oxygen atoms in total. The normalized spacial score (nSPS) is 28.5. The van der Waals surface area contributed by atoms with E-state index < -0.39 is 5.97 Å². The fraction of sp³-hybridized carbons (Fsp3) is 0.636. The first-order valence-electron chi connectivity index (χ1n) is 6.20. The lowest BCUT2D eigenvalue weighted by Crippen LogP contribution is -2.41. The molecule has 2 fully saturated rings. The van der Waals surface area contributed by atoms with Crippen molar-refractivity contribution >= 4 is 11.9 Å². The van der Waals surface area contributed by atoms with Crippen LogP contribution in [0.5, 0.6) is 0 Å². The number of ether oxygens (including phenoxy) is 1. The molecule has 19 heavy (non-hydrogen) atoms. The lowest BCUT2D eigenvalue weighted by molar-refractivity contribution is -0.137. The third-order valence-corrected chi connectivity index (χ3v) is 3.49. The molecule has 2 bridgehead atoms. The number of aromatic nitrogens is 3. The number of hydrogen-bond donors (Lipinski definition) is 2. The van der Waals surface area contributed by atoms with Gasteiger partial charge in [-0.1, -0.05) is 5.21 Å². The van der Waals surface area contributed by atoms with Gasteiger partial charge < -0.3 is 15.2 Å². The molecule has 3 atom stereocenters. The quantitative estimate of drug-likeness (QED) is 0.754. The summed E-state index contributed by atoms with van der Waals surface area (Å²) in [6, 6.07) is 0.0240. The molecule has 2 N–H and O–H groups in total. The van der Waals surface area contributed by atoms with Crippen molar-refractivity contribution < 1.29 is 19.4 Å². The predicted molar refractivity (Wildman–Crippen MR) is 61.4 cm³/mol. The Morgan fingerprint density at radius 3 is 3.00 bits per heavy atom. The van der Waals surface area contributed by atoms with E-state index in [0.29, 0.717) is 0 Å². The molecular formula is C11H14N4O4. The Morgan fingerprint density at radius 2 is 2.37 bits per heavy atom. The molecule has 8 heteroatoms. The second kappa shape index (κ2) is 4.61. The molecule has 2 aliphatic heterocycles. The van der Waals surface area contributed by atoms with E-state index in [1.807, 2.05) is 0 Å². The van der Waals surface area contributed by atoms with E-state index in [0.717, 1.165) is 23.9 Å². The average Bonchev–Trinajstić information content (AvgIpc) is 3.03. The highest BCUT2D eigenvalue weighted by Crippen LogP contribution is 2.34. The van der Waals surface area contributed by atoms with E-state index in [-0.39, 0.29) is 36.4 Å². The average molecular weight is 266 g/mol. The third-order valence-electron chi connectivity index (χ3n) is 3.49. The van der Waals surface area contributed by atoms with Crippen LogP contribution in [-0.4, -0.2) is 50.2 Å². The Hall–Kier alpha value is -1.96. The predicted octanol–water partition coefficient (Wildman–Crippen LogP) is -0.588. The molecular weight excluding hydrogens is 252 g/mol. The van der Waals surface area contributed by atoms with Crippen LogP contribution in [0.25, 0.3) is 0 Å². The van der Waals surface area contributed by atoms with Gasteiger partial charge in [-0.25, -0.2) is 4.68 Å². The number of rotatable bonds is 4. The van der Waals surface area contributed by atoms with Crippen molar-refractivity contribution in [2.45, 2.75) is 44.1 Å². The van der Waals surface area contributed by atoms with E-state index in [4.69, 9.17) is 9.84 Å². The van der Waals surface area contributed by atoms with Crippen LogP contribution in [0, 0.1) is 0 Å². The zero-order valence-corrected chi connectivity index (χ0v) is 10.2.